The number of rotatable bonds is 4. The number of allylic oxidation sites excluding steroid dienone is 1. The summed E-state index contributed by atoms with van der Waals surface area (Å²) >= 11 is 1.79. The zero-order chi connectivity index (χ0) is 17.9. The van der Waals surface area contributed by atoms with Crippen LogP contribution >= 0.6 is 11.3 Å². The highest BCUT2D eigenvalue weighted by Gasteiger charge is 2.63. The Morgan fingerprint density at radius 2 is 2.16 bits per heavy atom. The van der Waals surface area contributed by atoms with Gasteiger partial charge in [0, 0.05) is 15.8 Å². The first-order valence-electron chi connectivity index (χ1n) is 8.56. The van der Waals surface area contributed by atoms with Gasteiger partial charge < -0.3 is 9.84 Å². The highest BCUT2D eigenvalue weighted by molar-refractivity contribution is 7.13. The molecule has 2 aliphatic rings. The average molecular weight is 354 g/mol. The van der Waals surface area contributed by atoms with Gasteiger partial charge in [0.25, 0.3) is 0 Å². The van der Waals surface area contributed by atoms with Crippen LogP contribution in [0, 0.1) is 18.3 Å². The van der Waals surface area contributed by atoms with E-state index >= 15 is 0 Å². The fourth-order valence-electron chi connectivity index (χ4n) is 4.42. The number of carbonyl (C=O) groups excluding carboxylic acids is 1. The third kappa shape index (κ3) is 2.43. The normalized spacial score (nSPS) is 22.7. The van der Waals surface area contributed by atoms with E-state index < -0.39 is 0 Å². The molecule has 3 nitrogen and oxygen atoms in total. The van der Waals surface area contributed by atoms with Gasteiger partial charge >= 0.3 is 0 Å². The maximum atomic E-state index is 12.5. The van der Waals surface area contributed by atoms with Gasteiger partial charge in [-0.2, -0.15) is 0 Å². The number of ketones is 1. The Bertz CT molecular complexity index is 904. The molecule has 4 heteroatoms. The molecule has 1 aromatic heterocycles. The average Bonchev–Trinajstić information content (AvgIpc) is 2.92. The van der Waals surface area contributed by atoms with Gasteiger partial charge in [-0.05, 0) is 66.0 Å². The lowest BCUT2D eigenvalue weighted by Crippen LogP contribution is -2.00. The van der Waals surface area contributed by atoms with Crippen molar-refractivity contribution in [2.75, 3.05) is 7.11 Å². The Balaban J connectivity index is 1.61. The second-order valence-corrected chi connectivity index (χ2v) is 8.86. The van der Waals surface area contributed by atoms with E-state index in [9.17, 15) is 9.90 Å². The molecule has 1 heterocycles. The Morgan fingerprint density at radius 1 is 1.40 bits per heavy atom. The molecule has 2 aromatic rings. The van der Waals surface area contributed by atoms with Gasteiger partial charge in [-0.15, -0.1) is 11.3 Å². The summed E-state index contributed by atoms with van der Waals surface area (Å²) in [4.78, 5) is 15.1. The summed E-state index contributed by atoms with van der Waals surface area (Å²) in [7, 11) is 1.50. The van der Waals surface area contributed by atoms with Gasteiger partial charge in [-0.3, -0.25) is 4.79 Å². The fourth-order valence-corrected chi connectivity index (χ4v) is 5.56. The van der Waals surface area contributed by atoms with E-state index in [-0.39, 0.29) is 11.5 Å². The van der Waals surface area contributed by atoms with Gasteiger partial charge in [-0.25, -0.2) is 0 Å². The zero-order valence-corrected chi connectivity index (χ0v) is 15.7. The van der Waals surface area contributed by atoms with E-state index in [4.69, 9.17) is 4.74 Å². The molecule has 1 N–H and O–H groups in total. The quantitative estimate of drug-likeness (QED) is 0.623. The van der Waals surface area contributed by atoms with Crippen molar-refractivity contribution in [3.63, 3.8) is 0 Å². The second-order valence-electron chi connectivity index (χ2n) is 7.61. The van der Waals surface area contributed by atoms with Crippen LogP contribution in [-0.4, -0.2) is 18.0 Å². The van der Waals surface area contributed by atoms with E-state index in [0.29, 0.717) is 22.6 Å². The lowest BCUT2D eigenvalue weighted by molar-refractivity contribution is 0.104. The minimum absolute atomic E-state index is 0.0888. The standard InChI is InChI=1S/C21H22O3S/c1-11-19-14(10-15-20(19)21(15,2)3)18(25-11)8-7-16(23)13-6-5-12(22)9-17(13)24-4/h5-9,15,20,22H,10H2,1-4H3/t15-,20-/m1/s1. The van der Waals surface area contributed by atoms with Gasteiger partial charge in [0.1, 0.15) is 11.5 Å². The van der Waals surface area contributed by atoms with E-state index in [1.54, 1.807) is 23.5 Å². The Labute approximate surface area is 152 Å². The van der Waals surface area contributed by atoms with Crippen molar-refractivity contribution in [3.05, 3.63) is 50.7 Å². The summed E-state index contributed by atoms with van der Waals surface area (Å²) in [6.07, 6.45) is 4.70. The van der Waals surface area contributed by atoms with Crippen LogP contribution in [0.25, 0.3) is 6.08 Å². The number of ether oxygens (including phenoxy) is 1. The molecule has 2 aliphatic carbocycles. The number of aromatic hydroxyl groups is 1. The van der Waals surface area contributed by atoms with E-state index in [0.717, 1.165) is 12.3 Å². The van der Waals surface area contributed by atoms with E-state index in [1.165, 1.54) is 40.1 Å². The zero-order valence-electron chi connectivity index (χ0n) is 14.9. The molecular weight excluding hydrogens is 332 g/mol. The molecule has 0 radical (unpaired) electrons. The first kappa shape index (κ1) is 16.4. The van der Waals surface area contributed by atoms with Crippen molar-refractivity contribution in [3.8, 4) is 11.5 Å². The Kier molecular flexibility index (Phi) is 3.58. The molecular formula is C21H22O3S. The van der Waals surface area contributed by atoms with Gasteiger partial charge in [0.05, 0.1) is 12.7 Å². The van der Waals surface area contributed by atoms with Crippen molar-refractivity contribution >= 4 is 23.2 Å². The van der Waals surface area contributed by atoms with E-state index in [2.05, 4.69) is 20.8 Å². The third-order valence-corrected chi connectivity index (χ3v) is 7.02. The first-order chi connectivity index (χ1) is 11.8. The molecule has 0 saturated heterocycles. The van der Waals surface area contributed by atoms with Gasteiger partial charge in [-0.1, -0.05) is 13.8 Å². The number of benzene rings is 1. The summed E-state index contributed by atoms with van der Waals surface area (Å²) < 4.78 is 5.21. The maximum absolute atomic E-state index is 12.5. The van der Waals surface area contributed by atoms with Crippen molar-refractivity contribution < 1.29 is 14.6 Å². The lowest BCUT2D eigenvalue weighted by atomic mass is 9.95. The van der Waals surface area contributed by atoms with Crippen LogP contribution < -0.4 is 4.74 Å². The SMILES string of the molecule is COc1cc(O)ccc1C(=O)C=Cc1sc(C)c2c1C[C@@H]1[C@H]2C1(C)C. The lowest BCUT2D eigenvalue weighted by Gasteiger charge is -2.09. The molecule has 4 rings (SSSR count). The minimum Gasteiger partial charge on any atom is -0.508 e. The second kappa shape index (κ2) is 5.46. The number of thiophene rings is 1. The highest BCUT2D eigenvalue weighted by atomic mass is 32.1. The summed E-state index contributed by atoms with van der Waals surface area (Å²) in [5.41, 5.74) is 3.88. The van der Waals surface area contributed by atoms with Gasteiger partial charge in [0.2, 0.25) is 0 Å². The minimum atomic E-state index is -0.111. The Morgan fingerprint density at radius 3 is 2.88 bits per heavy atom. The summed E-state index contributed by atoms with van der Waals surface area (Å²) in [6.45, 7) is 6.92. The van der Waals surface area contributed by atoms with Crippen molar-refractivity contribution in [1.82, 2.24) is 0 Å². The number of carbonyl (C=O) groups is 1. The van der Waals surface area contributed by atoms with Crippen LogP contribution in [0.4, 0.5) is 0 Å². The number of fused-ring (bicyclic) bond motifs is 3. The maximum Gasteiger partial charge on any atom is 0.189 e. The van der Waals surface area contributed by atoms with E-state index in [1.807, 2.05) is 6.08 Å². The molecule has 2 atom stereocenters. The number of phenolic OH excluding ortho intramolecular Hbond substituents is 1. The molecule has 0 unspecified atom stereocenters. The molecule has 130 valence electrons. The monoisotopic (exact) mass is 354 g/mol. The van der Waals surface area contributed by atoms with Crippen LogP contribution in [0.2, 0.25) is 0 Å². The number of methoxy groups -OCH3 is 1. The smallest absolute Gasteiger partial charge is 0.189 e. The van der Waals surface area contributed by atoms with Crippen LogP contribution in [0.1, 0.15) is 51.0 Å². The van der Waals surface area contributed by atoms with Crippen LogP contribution in [0.3, 0.4) is 0 Å². The largest absolute Gasteiger partial charge is 0.508 e. The Hall–Kier alpha value is -2.07. The first-order valence-corrected chi connectivity index (χ1v) is 9.37. The summed E-state index contributed by atoms with van der Waals surface area (Å²) in [5, 5.41) is 9.53. The van der Waals surface area contributed by atoms with Crippen molar-refractivity contribution in [2.24, 2.45) is 11.3 Å². The molecule has 0 aliphatic heterocycles. The predicted molar refractivity (Wildman–Crippen MR) is 101 cm³/mol. The summed E-state index contributed by atoms with van der Waals surface area (Å²) in [5.74, 6) is 1.84. The number of phenols is 1. The molecule has 0 spiro atoms. The number of hydrogen-bond acceptors (Lipinski definition) is 4. The van der Waals surface area contributed by atoms with Crippen molar-refractivity contribution in [2.45, 2.75) is 33.1 Å². The van der Waals surface area contributed by atoms with Crippen molar-refractivity contribution in [1.29, 1.82) is 0 Å². The fraction of sp³-hybridized carbons (Fsp3) is 0.381. The molecule has 1 fully saturated rings. The summed E-state index contributed by atoms with van der Waals surface area (Å²) in [6, 6.07) is 4.57. The molecule has 1 aromatic carbocycles. The van der Waals surface area contributed by atoms with Gasteiger partial charge in [0.15, 0.2) is 5.78 Å². The number of hydrogen-bond donors (Lipinski definition) is 1. The van der Waals surface area contributed by atoms with Crippen LogP contribution in [-0.2, 0) is 6.42 Å². The van der Waals surface area contributed by atoms with Crippen LogP contribution in [0.15, 0.2) is 24.3 Å². The topological polar surface area (TPSA) is 46.5 Å². The molecule has 25 heavy (non-hydrogen) atoms. The number of aryl methyl sites for hydroxylation is 1. The molecule has 1 saturated carbocycles. The highest BCUT2D eigenvalue weighted by Crippen LogP contribution is 2.71. The predicted octanol–water partition coefficient (Wildman–Crippen LogP) is 4.96. The molecule has 0 bridgehead atoms. The van der Waals surface area contributed by atoms with Crippen LogP contribution in [0.5, 0.6) is 11.5 Å². The third-order valence-electron chi connectivity index (χ3n) is 5.89. The molecule has 0 amide bonds.